The molecular formula is C12H19N3O4. The van der Waals surface area contributed by atoms with Crippen molar-refractivity contribution in [1.82, 2.24) is 0 Å². The number of nitrogens with two attached hydrogens (primary N) is 1. The minimum atomic E-state index is -0.488. The molecule has 0 spiro atoms. The number of hydrogen-bond acceptors (Lipinski definition) is 6. The Balaban J connectivity index is 2.44. The predicted octanol–water partition coefficient (Wildman–Crippen LogP) is 1.82. The largest absolute Gasteiger partial charge is 0.379 e. The summed E-state index contributed by atoms with van der Waals surface area (Å²) in [5, 5.41) is 10.7. The zero-order valence-corrected chi connectivity index (χ0v) is 10.9. The standard InChI is InChI=1S/C12H19N3O4/c1-2-5-18-6-7-19-9-10-3-4-12(15(16)17)11(8-10)14-13/h3-4,8,14H,2,5-7,9,13H2,1H3. The molecule has 0 fully saturated rings. The first-order valence-electron chi connectivity index (χ1n) is 6.08. The Labute approximate surface area is 111 Å². The van der Waals surface area contributed by atoms with Gasteiger partial charge in [-0.15, -0.1) is 0 Å². The molecule has 1 rings (SSSR count). The van der Waals surface area contributed by atoms with E-state index in [1.165, 1.54) is 6.07 Å². The van der Waals surface area contributed by atoms with E-state index in [1.807, 2.05) is 6.92 Å². The molecule has 0 saturated carbocycles. The number of nitrogen functional groups attached to an aromatic ring is 1. The topological polar surface area (TPSA) is 99.6 Å². The number of nitro groups is 1. The van der Waals surface area contributed by atoms with Crippen LogP contribution >= 0.6 is 0 Å². The van der Waals surface area contributed by atoms with E-state index in [4.69, 9.17) is 15.3 Å². The van der Waals surface area contributed by atoms with Gasteiger partial charge in [0.2, 0.25) is 0 Å². The third kappa shape index (κ3) is 5.21. The third-order valence-electron chi connectivity index (χ3n) is 2.40. The number of benzene rings is 1. The van der Waals surface area contributed by atoms with Crippen molar-refractivity contribution in [3.05, 3.63) is 33.9 Å². The first-order chi connectivity index (χ1) is 9.19. The predicted molar refractivity (Wildman–Crippen MR) is 71.7 cm³/mol. The summed E-state index contributed by atoms with van der Waals surface area (Å²) >= 11 is 0. The quantitative estimate of drug-likeness (QED) is 0.307. The number of rotatable bonds is 9. The lowest BCUT2D eigenvalue weighted by atomic mass is 10.2. The second kappa shape index (κ2) is 8.41. The maximum atomic E-state index is 10.7. The fourth-order valence-corrected chi connectivity index (χ4v) is 1.50. The maximum absolute atomic E-state index is 10.7. The Kier molecular flexibility index (Phi) is 6.80. The van der Waals surface area contributed by atoms with Crippen LogP contribution in [0.4, 0.5) is 11.4 Å². The minimum absolute atomic E-state index is 0.0578. The number of nitro benzene ring substituents is 1. The van der Waals surface area contributed by atoms with E-state index in [0.29, 0.717) is 19.8 Å². The highest BCUT2D eigenvalue weighted by Crippen LogP contribution is 2.24. The van der Waals surface area contributed by atoms with Crippen molar-refractivity contribution in [2.45, 2.75) is 20.0 Å². The first-order valence-corrected chi connectivity index (χ1v) is 6.08. The van der Waals surface area contributed by atoms with Gasteiger partial charge in [0.15, 0.2) is 0 Å². The second-order valence-corrected chi connectivity index (χ2v) is 3.92. The Bertz CT molecular complexity index is 412. The number of nitrogens with one attached hydrogen (secondary N) is 1. The second-order valence-electron chi connectivity index (χ2n) is 3.92. The molecule has 0 amide bonds. The van der Waals surface area contributed by atoms with Crippen LogP contribution in [0.1, 0.15) is 18.9 Å². The normalized spacial score (nSPS) is 10.4. The monoisotopic (exact) mass is 269 g/mol. The molecule has 0 bridgehead atoms. The molecule has 19 heavy (non-hydrogen) atoms. The van der Waals surface area contributed by atoms with Gasteiger partial charge in [-0.25, -0.2) is 0 Å². The van der Waals surface area contributed by atoms with Crippen molar-refractivity contribution in [2.24, 2.45) is 5.84 Å². The molecule has 0 saturated heterocycles. The van der Waals surface area contributed by atoms with Crippen LogP contribution in [0.3, 0.4) is 0 Å². The van der Waals surface area contributed by atoms with Gasteiger partial charge >= 0.3 is 0 Å². The van der Waals surface area contributed by atoms with Crippen LogP contribution in [0.2, 0.25) is 0 Å². The van der Waals surface area contributed by atoms with Crippen molar-refractivity contribution in [3.63, 3.8) is 0 Å². The summed E-state index contributed by atoms with van der Waals surface area (Å²) < 4.78 is 10.7. The van der Waals surface area contributed by atoms with Gasteiger partial charge in [-0.3, -0.25) is 16.0 Å². The summed E-state index contributed by atoms with van der Waals surface area (Å²) in [5.74, 6) is 5.25. The smallest absolute Gasteiger partial charge is 0.293 e. The van der Waals surface area contributed by atoms with Crippen LogP contribution in [0, 0.1) is 10.1 Å². The van der Waals surface area contributed by atoms with E-state index in [9.17, 15) is 10.1 Å². The molecule has 3 N–H and O–H groups in total. The average Bonchev–Trinajstić information content (AvgIpc) is 2.42. The zero-order valence-electron chi connectivity index (χ0n) is 10.9. The summed E-state index contributed by atoms with van der Waals surface area (Å²) in [7, 11) is 0. The SMILES string of the molecule is CCCOCCOCc1ccc([N+](=O)[O-])c(NN)c1. The average molecular weight is 269 g/mol. The Morgan fingerprint density at radius 3 is 2.68 bits per heavy atom. The molecule has 0 heterocycles. The molecule has 0 aliphatic heterocycles. The highest BCUT2D eigenvalue weighted by atomic mass is 16.6. The van der Waals surface area contributed by atoms with Gasteiger partial charge in [-0.2, -0.15) is 0 Å². The number of anilines is 1. The van der Waals surface area contributed by atoms with Gasteiger partial charge in [-0.1, -0.05) is 6.92 Å². The van der Waals surface area contributed by atoms with Crippen LogP contribution in [-0.4, -0.2) is 24.7 Å². The van der Waals surface area contributed by atoms with E-state index in [-0.39, 0.29) is 11.4 Å². The van der Waals surface area contributed by atoms with Gasteiger partial charge in [-0.05, 0) is 24.1 Å². The van der Waals surface area contributed by atoms with Crippen LogP contribution in [0.5, 0.6) is 0 Å². The summed E-state index contributed by atoms with van der Waals surface area (Å²) in [6.07, 6.45) is 0.980. The number of ether oxygens (including phenoxy) is 2. The van der Waals surface area contributed by atoms with Crippen molar-refractivity contribution in [2.75, 3.05) is 25.2 Å². The molecule has 1 aromatic rings. The summed E-state index contributed by atoms with van der Waals surface area (Å²) in [5.41, 5.74) is 3.34. The van der Waals surface area contributed by atoms with Gasteiger partial charge in [0.05, 0.1) is 24.7 Å². The van der Waals surface area contributed by atoms with E-state index in [1.54, 1.807) is 12.1 Å². The number of nitrogens with zero attached hydrogens (tertiary/aromatic N) is 1. The lowest BCUT2D eigenvalue weighted by Crippen LogP contribution is -2.10. The van der Waals surface area contributed by atoms with Crippen molar-refractivity contribution < 1.29 is 14.4 Å². The van der Waals surface area contributed by atoms with E-state index in [0.717, 1.165) is 18.6 Å². The van der Waals surface area contributed by atoms with Crippen LogP contribution < -0.4 is 11.3 Å². The summed E-state index contributed by atoms with van der Waals surface area (Å²) in [6.45, 7) is 4.16. The van der Waals surface area contributed by atoms with Gasteiger partial charge in [0, 0.05) is 12.7 Å². The molecular weight excluding hydrogens is 250 g/mol. The van der Waals surface area contributed by atoms with Crippen LogP contribution in [0.15, 0.2) is 18.2 Å². The molecule has 0 radical (unpaired) electrons. The maximum Gasteiger partial charge on any atom is 0.293 e. The Morgan fingerprint density at radius 2 is 2.05 bits per heavy atom. The summed E-state index contributed by atoms with van der Waals surface area (Å²) in [4.78, 5) is 10.2. The lowest BCUT2D eigenvalue weighted by molar-refractivity contribution is -0.384. The lowest BCUT2D eigenvalue weighted by Gasteiger charge is -2.07. The van der Waals surface area contributed by atoms with Crippen LogP contribution in [-0.2, 0) is 16.1 Å². The third-order valence-corrected chi connectivity index (χ3v) is 2.40. The highest BCUT2D eigenvalue weighted by molar-refractivity contribution is 5.61. The molecule has 0 atom stereocenters. The summed E-state index contributed by atoms with van der Waals surface area (Å²) in [6, 6.07) is 4.65. The Morgan fingerprint density at radius 1 is 1.32 bits per heavy atom. The van der Waals surface area contributed by atoms with Crippen molar-refractivity contribution >= 4 is 11.4 Å². The molecule has 7 nitrogen and oxygen atoms in total. The molecule has 0 aromatic heterocycles. The van der Waals surface area contributed by atoms with Gasteiger partial charge in [0.25, 0.3) is 5.69 Å². The van der Waals surface area contributed by atoms with Crippen LogP contribution in [0.25, 0.3) is 0 Å². The highest BCUT2D eigenvalue weighted by Gasteiger charge is 2.12. The molecule has 106 valence electrons. The minimum Gasteiger partial charge on any atom is -0.379 e. The molecule has 0 unspecified atom stereocenters. The van der Waals surface area contributed by atoms with Gasteiger partial charge in [0.1, 0.15) is 5.69 Å². The van der Waals surface area contributed by atoms with E-state index >= 15 is 0 Å². The van der Waals surface area contributed by atoms with Gasteiger partial charge < -0.3 is 14.9 Å². The fraction of sp³-hybridized carbons (Fsp3) is 0.500. The fourth-order valence-electron chi connectivity index (χ4n) is 1.50. The molecule has 1 aromatic carbocycles. The molecule has 0 aliphatic carbocycles. The zero-order chi connectivity index (χ0) is 14.1. The van der Waals surface area contributed by atoms with E-state index < -0.39 is 4.92 Å². The molecule has 0 aliphatic rings. The number of hydrogen-bond donors (Lipinski definition) is 2. The number of hydrazine groups is 1. The van der Waals surface area contributed by atoms with Crippen molar-refractivity contribution in [3.8, 4) is 0 Å². The Hall–Kier alpha value is -1.70. The molecule has 7 heteroatoms. The first kappa shape index (κ1) is 15.4. The van der Waals surface area contributed by atoms with Crippen molar-refractivity contribution in [1.29, 1.82) is 0 Å². The van der Waals surface area contributed by atoms with E-state index in [2.05, 4.69) is 5.43 Å².